The molecule has 0 aliphatic heterocycles. The summed E-state index contributed by atoms with van der Waals surface area (Å²) < 4.78 is 1.42. The van der Waals surface area contributed by atoms with E-state index in [2.05, 4.69) is 5.32 Å². The van der Waals surface area contributed by atoms with Gasteiger partial charge >= 0.3 is 0 Å². The van der Waals surface area contributed by atoms with Crippen LogP contribution in [0.3, 0.4) is 0 Å². The summed E-state index contributed by atoms with van der Waals surface area (Å²) >= 11 is 6.13. The molecule has 1 amide bonds. The first-order valence-electron chi connectivity index (χ1n) is 7.58. The van der Waals surface area contributed by atoms with Gasteiger partial charge in [-0.05, 0) is 29.8 Å². The molecule has 3 aromatic rings. The lowest BCUT2D eigenvalue weighted by Crippen LogP contribution is -2.22. The van der Waals surface area contributed by atoms with Gasteiger partial charge in [-0.2, -0.15) is 0 Å². The molecule has 1 aromatic heterocycles. The van der Waals surface area contributed by atoms with Crippen molar-refractivity contribution in [3.63, 3.8) is 0 Å². The number of hydrogen-bond acceptors (Lipinski definition) is 3. The quantitative estimate of drug-likeness (QED) is 0.704. The van der Waals surface area contributed by atoms with Gasteiger partial charge in [0.25, 0.3) is 11.5 Å². The van der Waals surface area contributed by atoms with Crippen molar-refractivity contribution in [1.29, 1.82) is 0 Å². The minimum absolute atomic E-state index is 0.0276. The maximum Gasteiger partial charge on any atom is 0.257 e. The zero-order chi connectivity index (χ0) is 17.8. The van der Waals surface area contributed by atoms with Crippen molar-refractivity contribution in [2.45, 2.75) is 6.54 Å². The van der Waals surface area contributed by atoms with E-state index in [4.69, 9.17) is 11.6 Å². The van der Waals surface area contributed by atoms with Crippen LogP contribution in [-0.4, -0.2) is 15.6 Å². The van der Waals surface area contributed by atoms with Crippen LogP contribution in [0, 0.1) is 0 Å². The number of para-hydroxylation sites is 2. The fraction of sp³-hybridized carbons (Fsp3) is 0.0526. The van der Waals surface area contributed by atoms with E-state index in [1.165, 1.54) is 29.0 Å². The van der Waals surface area contributed by atoms with Crippen molar-refractivity contribution in [2.75, 3.05) is 5.32 Å². The van der Waals surface area contributed by atoms with Crippen molar-refractivity contribution in [3.05, 3.63) is 93.4 Å². The number of aromatic nitrogens is 1. The van der Waals surface area contributed by atoms with E-state index < -0.39 is 5.91 Å². The highest BCUT2D eigenvalue weighted by Gasteiger charge is 2.11. The van der Waals surface area contributed by atoms with Gasteiger partial charge in [-0.1, -0.05) is 41.9 Å². The van der Waals surface area contributed by atoms with Gasteiger partial charge in [0, 0.05) is 17.3 Å². The number of rotatable bonds is 4. The number of carbonyl (C=O) groups is 1. The summed E-state index contributed by atoms with van der Waals surface area (Å²) in [5.74, 6) is -0.449. The zero-order valence-corrected chi connectivity index (χ0v) is 13.9. The molecule has 0 saturated heterocycles. The van der Waals surface area contributed by atoms with Crippen LogP contribution in [-0.2, 0) is 6.54 Å². The highest BCUT2D eigenvalue weighted by molar-refractivity contribution is 6.31. The molecule has 0 radical (unpaired) electrons. The molecule has 5 nitrogen and oxygen atoms in total. The van der Waals surface area contributed by atoms with Crippen molar-refractivity contribution in [2.24, 2.45) is 0 Å². The van der Waals surface area contributed by atoms with Gasteiger partial charge < -0.3 is 15.0 Å². The maximum absolute atomic E-state index is 12.4. The summed E-state index contributed by atoms with van der Waals surface area (Å²) in [6.45, 7) is 0.260. The third kappa shape index (κ3) is 3.89. The van der Waals surface area contributed by atoms with Crippen LogP contribution >= 0.6 is 11.6 Å². The average Bonchev–Trinajstić information content (AvgIpc) is 2.60. The number of nitrogens with zero attached hydrogens (tertiary/aromatic N) is 1. The van der Waals surface area contributed by atoms with Gasteiger partial charge in [-0.3, -0.25) is 9.59 Å². The van der Waals surface area contributed by atoms with Crippen LogP contribution in [0.2, 0.25) is 5.02 Å². The lowest BCUT2D eigenvalue weighted by Gasteiger charge is -2.10. The fourth-order valence-corrected chi connectivity index (χ4v) is 2.57. The van der Waals surface area contributed by atoms with E-state index >= 15 is 0 Å². The summed E-state index contributed by atoms with van der Waals surface area (Å²) in [4.78, 5) is 24.5. The van der Waals surface area contributed by atoms with Gasteiger partial charge in [0.2, 0.25) is 0 Å². The normalized spacial score (nSPS) is 10.4. The Morgan fingerprint density at radius 1 is 1.04 bits per heavy atom. The third-order valence-electron chi connectivity index (χ3n) is 3.70. The Morgan fingerprint density at radius 3 is 2.52 bits per heavy atom. The minimum Gasteiger partial charge on any atom is -0.506 e. The molecule has 6 heteroatoms. The molecule has 0 bridgehead atoms. The number of phenolic OH excluding ortho intramolecular Hbond substituents is 1. The number of halogens is 1. The molecule has 0 atom stereocenters. The summed E-state index contributed by atoms with van der Waals surface area (Å²) in [6.07, 6.45) is 1.47. The van der Waals surface area contributed by atoms with E-state index in [1.807, 2.05) is 18.2 Å². The minimum atomic E-state index is -0.422. The van der Waals surface area contributed by atoms with E-state index in [9.17, 15) is 14.7 Å². The second kappa shape index (κ2) is 7.23. The lowest BCUT2D eigenvalue weighted by atomic mass is 10.2. The van der Waals surface area contributed by atoms with Crippen LogP contribution < -0.4 is 10.9 Å². The van der Waals surface area contributed by atoms with E-state index in [0.717, 1.165) is 5.56 Å². The van der Waals surface area contributed by atoms with Crippen LogP contribution in [0.15, 0.2) is 71.7 Å². The predicted molar refractivity (Wildman–Crippen MR) is 97.3 cm³/mol. The van der Waals surface area contributed by atoms with Crippen molar-refractivity contribution in [1.82, 2.24) is 4.57 Å². The van der Waals surface area contributed by atoms with Crippen molar-refractivity contribution in [3.8, 4) is 5.75 Å². The Labute approximate surface area is 149 Å². The van der Waals surface area contributed by atoms with Crippen LogP contribution in [0.1, 0.15) is 15.9 Å². The lowest BCUT2D eigenvalue weighted by molar-refractivity contribution is 0.102. The highest BCUT2D eigenvalue weighted by Crippen LogP contribution is 2.22. The van der Waals surface area contributed by atoms with Gasteiger partial charge in [-0.25, -0.2) is 0 Å². The van der Waals surface area contributed by atoms with Gasteiger partial charge in [0.05, 0.1) is 17.8 Å². The number of nitrogens with one attached hydrogen (secondary N) is 1. The second-order valence-electron chi connectivity index (χ2n) is 5.45. The molecular weight excluding hydrogens is 340 g/mol. The summed E-state index contributed by atoms with van der Waals surface area (Å²) in [7, 11) is 0. The van der Waals surface area contributed by atoms with Gasteiger partial charge in [0.15, 0.2) is 0 Å². The van der Waals surface area contributed by atoms with E-state index in [-0.39, 0.29) is 17.9 Å². The second-order valence-corrected chi connectivity index (χ2v) is 5.85. The first-order valence-corrected chi connectivity index (χ1v) is 7.95. The first kappa shape index (κ1) is 16.8. The fourth-order valence-electron chi connectivity index (χ4n) is 2.37. The SMILES string of the molecule is O=C(Nc1ccccc1O)c1ccc(=O)n(Cc2ccccc2Cl)c1. The number of pyridine rings is 1. The molecule has 2 aromatic carbocycles. The molecule has 0 saturated carbocycles. The zero-order valence-electron chi connectivity index (χ0n) is 13.1. The van der Waals surface area contributed by atoms with Crippen LogP contribution in [0.25, 0.3) is 0 Å². The average molecular weight is 355 g/mol. The Kier molecular flexibility index (Phi) is 4.86. The number of hydrogen-bond donors (Lipinski definition) is 2. The molecule has 0 spiro atoms. The number of benzene rings is 2. The highest BCUT2D eigenvalue weighted by atomic mass is 35.5. The number of amides is 1. The number of carbonyl (C=O) groups excluding carboxylic acids is 1. The number of aromatic hydroxyl groups is 1. The Morgan fingerprint density at radius 2 is 1.76 bits per heavy atom. The monoisotopic (exact) mass is 354 g/mol. The largest absolute Gasteiger partial charge is 0.506 e. The number of anilines is 1. The molecule has 2 N–H and O–H groups in total. The van der Waals surface area contributed by atoms with Crippen LogP contribution in [0.4, 0.5) is 5.69 Å². The molecule has 0 aliphatic rings. The van der Waals surface area contributed by atoms with E-state index in [1.54, 1.807) is 24.3 Å². The third-order valence-corrected chi connectivity index (χ3v) is 4.07. The Hall–Kier alpha value is -3.05. The Balaban J connectivity index is 1.86. The predicted octanol–water partition coefficient (Wildman–Crippen LogP) is 3.51. The molecule has 0 unspecified atom stereocenters. The van der Waals surface area contributed by atoms with Crippen LogP contribution in [0.5, 0.6) is 5.75 Å². The first-order chi connectivity index (χ1) is 12.0. The molecule has 126 valence electrons. The standard InChI is InChI=1S/C19H15ClN2O3/c20-15-6-2-1-5-13(15)11-22-12-14(9-10-18(22)24)19(25)21-16-7-3-4-8-17(16)23/h1-10,12,23H,11H2,(H,21,25). The molecular formula is C19H15ClN2O3. The number of phenols is 1. The molecule has 0 aliphatic carbocycles. The van der Waals surface area contributed by atoms with Crippen molar-refractivity contribution >= 4 is 23.2 Å². The van der Waals surface area contributed by atoms with Gasteiger partial charge in [0.1, 0.15) is 5.75 Å². The molecule has 25 heavy (non-hydrogen) atoms. The molecule has 3 rings (SSSR count). The summed E-state index contributed by atoms with van der Waals surface area (Å²) in [5, 5.41) is 12.9. The molecule has 1 heterocycles. The smallest absolute Gasteiger partial charge is 0.257 e. The van der Waals surface area contributed by atoms with E-state index in [0.29, 0.717) is 16.3 Å². The molecule has 0 fully saturated rings. The Bertz CT molecular complexity index is 982. The van der Waals surface area contributed by atoms with Gasteiger partial charge in [-0.15, -0.1) is 0 Å². The summed E-state index contributed by atoms with van der Waals surface area (Å²) in [6, 6.07) is 16.4. The summed E-state index contributed by atoms with van der Waals surface area (Å²) in [5.41, 5.74) is 1.15. The maximum atomic E-state index is 12.4. The topological polar surface area (TPSA) is 71.3 Å². The van der Waals surface area contributed by atoms with Crippen molar-refractivity contribution < 1.29 is 9.90 Å².